The Morgan fingerprint density at radius 3 is 2.52 bits per heavy atom. The predicted molar refractivity (Wildman–Crippen MR) is 99.0 cm³/mol. The molecule has 2 heterocycles. The number of aryl methyl sites for hydroxylation is 1. The number of rotatable bonds is 6. The van der Waals surface area contributed by atoms with Crippen LogP contribution in [0.15, 0.2) is 42.7 Å². The van der Waals surface area contributed by atoms with Gasteiger partial charge in [0.05, 0.1) is 11.9 Å². The molecule has 10 heteroatoms. The third-order valence-electron chi connectivity index (χ3n) is 4.45. The van der Waals surface area contributed by atoms with E-state index in [1.165, 1.54) is 12.4 Å². The maximum absolute atomic E-state index is 12.9. The van der Waals surface area contributed by atoms with E-state index in [1.807, 2.05) is 0 Å². The van der Waals surface area contributed by atoms with E-state index in [0.717, 1.165) is 0 Å². The molecule has 150 valence electrons. The summed E-state index contributed by atoms with van der Waals surface area (Å²) >= 11 is 0. The van der Waals surface area contributed by atoms with Gasteiger partial charge in [-0.3, -0.25) is 20.0 Å². The smallest absolute Gasteiger partial charge is 0.359 e. The van der Waals surface area contributed by atoms with Gasteiger partial charge in [-0.05, 0) is 18.9 Å². The molecule has 3 rings (SSSR count). The van der Waals surface area contributed by atoms with Crippen molar-refractivity contribution in [2.75, 3.05) is 6.61 Å². The lowest BCUT2D eigenvalue weighted by Crippen LogP contribution is -2.49. The SMILES string of the molecule is CC[C@]1(c2ccccc2)NC(=O)N(NC(=O)COC(=O)c2cnc(C)cn2)C1=O. The van der Waals surface area contributed by atoms with Gasteiger partial charge in [-0.25, -0.2) is 14.6 Å². The van der Waals surface area contributed by atoms with Crippen LogP contribution in [-0.2, 0) is 19.9 Å². The number of imide groups is 1. The number of nitrogens with one attached hydrogen (secondary N) is 2. The molecule has 0 radical (unpaired) electrons. The highest BCUT2D eigenvalue weighted by Gasteiger charge is 2.52. The fourth-order valence-electron chi connectivity index (χ4n) is 2.90. The van der Waals surface area contributed by atoms with Gasteiger partial charge < -0.3 is 10.1 Å². The normalized spacial score (nSPS) is 18.3. The molecule has 1 aromatic heterocycles. The molecule has 0 spiro atoms. The Kier molecular flexibility index (Phi) is 5.53. The number of carbonyl (C=O) groups excluding carboxylic acids is 4. The number of esters is 1. The molecule has 1 aliphatic rings. The summed E-state index contributed by atoms with van der Waals surface area (Å²) in [6.07, 6.45) is 2.90. The number of nitrogens with zero attached hydrogens (tertiary/aromatic N) is 3. The maximum Gasteiger partial charge on any atom is 0.359 e. The van der Waals surface area contributed by atoms with Gasteiger partial charge in [-0.15, -0.1) is 0 Å². The van der Waals surface area contributed by atoms with Gasteiger partial charge >= 0.3 is 12.0 Å². The second-order valence-corrected chi connectivity index (χ2v) is 6.35. The second-order valence-electron chi connectivity index (χ2n) is 6.35. The Morgan fingerprint density at radius 2 is 1.90 bits per heavy atom. The van der Waals surface area contributed by atoms with E-state index < -0.39 is 36.0 Å². The first kappa shape index (κ1) is 19.9. The first-order valence-corrected chi connectivity index (χ1v) is 8.85. The number of hydrogen-bond acceptors (Lipinski definition) is 7. The molecule has 0 unspecified atom stereocenters. The average molecular weight is 397 g/mol. The van der Waals surface area contributed by atoms with E-state index in [-0.39, 0.29) is 12.1 Å². The summed E-state index contributed by atoms with van der Waals surface area (Å²) in [5, 5.41) is 3.23. The largest absolute Gasteiger partial charge is 0.451 e. The highest BCUT2D eigenvalue weighted by molar-refractivity contribution is 6.08. The van der Waals surface area contributed by atoms with Crippen LogP contribution in [0, 0.1) is 6.92 Å². The number of hydrogen-bond donors (Lipinski definition) is 2. The molecule has 1 atom stereocenters. The lowest BCUT2D eigenvalue weighted by molar-refractivity contribution is -0.140. The van der Waals surface area contributed by atoms with Crippen molar-refractivity contribution >= 4 is 23.8 Å². The van der Waals surface area contributed by atoms with Crippen LogP contribution >= 0.6 is 0 Å². The summed E-state index contributed by atoms with van der Waals surface area (Å²) in [6.45, 7) is 2.76. The van der Waals surface area contributed by atoms with E-state index in [4.69, 9.17) is 4.74 Å². The standard InChI is InChI=1S/C19H19N5O5/c1-3-19(13-7-5-4-6-8-13)17(27)24(18(28)22-19)23-15(25)11-29-16(26)14-10-20-12(2)9-21-14/h4-10H,3,11H2,1-2H3,(H,22,28)(H,23,25)/t19-/m1/s1. The summed E-state index contributed by atoms with van der Waals surface area (Å²) < 4.78 is 4.85. The lowest BCUT2D eigenvalue weighted by Gasteiger charge is -2.25. The van der Waals surface area contributed by atoms with Gasteiger partial charge in [-0.2, -0.15) is 5.01 Å². The van der Waals surface area contributed by atoms with Gasteiger partial charge in [0, 0.05) is 6.20 Å². The van der Waals surface area contributed by atoms with Crippen molar-refractivity contribution in [1.29, 1.82) is 0 Å². The fraction of sp³-hybridized carbons (Fsp3) is 0.263. The van der Waals surface area contributed by atoms with E-state index in [0.29, 0.717) is 16.3 Å². The third kappa shape index (κ3) is 3.91. The molecule has 2 aromatic rings. The number of carbonyl (C=O) groups is 4. The minimum absolute atomic E-state index is 0.0625. The first-order chi connectivity index (χ1) is 13.9. The zero-order valence-corrected chi connectivity index (χ0v) is 15.8. The van der Waals surface area contributed by atoms with Crippen LogP contribution in [0.2, 0.25) is 0 Å². The maximum atomic E-state index is 12.9. The van der Waals surface area contributed by atoms with E-state index in [1.54, 1.807) is 44.2 Å². The lowest BCUT2D eigenvalue weighted by atomic mass is 9.87. The van der Waals surface area contributed by atoms with Crippen LogP contribution in [0.25, 0.3) is 0 Å². The molecule has 0 aliphatic carbocycles. The molecule has 10 nitrogen and oxygen atoms in total. The van der Waals surface area contributed by atoms with Crippen molar-refractivity contribution in [1.82, 2.24) is 25.7 Å². The summed E-state index contributed by atoms with van der Waals surface area (Å²) in [5.41, 5.74) is 2.05. The van der Waals surface area contributed by atoms with E-state index in [2.05, 4.69) is 20.7 Å². The Hall–Kier alpha value is -3.82. The first-order valence-electron chi connectivity index (χ1n) is 8.85. The Morgan fingerprint density at radius 1 is 1.17 bits per heavy atom. The number of benzene rings is 1. The quantitative estimate of drug-likeness (QED) is 0.545. The Labute approximate surface area is 166 Å². The summed E-state index contributed by atoms with van der Waals surface area (Å²) in [7, 11) is 0. The number of urea groups is 1. The van der Waals surface area contributed by atoms with Crippen molar-refractivity contribution in [2.24, 2.45) is 0 Å². The minimum Gasteiger partial charge on any atom is -0.451 e. The molecule has 29 heavy (non-hydrogen) atoms. The molecule has 1 aromatic carbocycles. The monoisotopic (exact) mass is 397 g/mol. The van der Waals surface area contributed by atoms with Gasteiger partial charge in [0.2, 0.25) is 0 Å². The average Bonchev–Trinajstić information content (AvgIpc) is 2.98. The van der Waals surface area contributed by atoms with Gasteiger partial charge in [0.25, 0.3) is 11.8 Å². The van der Waals surface area contributed by atoms with Crippen LogP contribution in [0.4, 0.5) is 4.79 Å². The predicted octanol–water partition coefficient (Wildman–Crippen LogP) is 0.830. The van der Waals surface area contributed by atoms with Crippen molar-refractivity contribution < 1.29 is 23.9 Å². The Balaban J connectivity index is 1.64. The second kappa shape index (κ2) is 8.05. The molecule has 1 fully saturated rings. The van der Waals surface area contributed by atoms with Crippen LogP contribution in [0.1, 0.15) is 35.1 Å². The van der Waals surface area contributed by atoms with Crippen LogP contribution < -0.4 is 10.7 Å². The van der Waals surface area contributed by atoms with E-state index in [9.17, 15) is 19.2 Å². The molecule has 1 aliphatic heterocycles. The van der Waals surface area contributed by atoms with Crippen molar-refractivity contribution in [3.63, 3.8) is 0 Å². The van der Waals surface area contributed by atoms with Gasteiger partial charge in [-0.1, -0.05) is 37.3 Å². The van der Waals surface area contributed by atoms with Crippen LogP contribution in [0.3, 0.4) is 0 Å². The highest BCUT2D eigenvalue weighted by Crippen LogP contribution is 2.31. The van der Waals surface area contributed by atoms with Crippen molar-refractivity contribution in [2.45, 2.75) is 25.8 Å². The zero-order valence-electron chi connectivity index (χ0n) is 15.8. The molecular formula is C19H19N5O5. The highest BCUT2D eigenvalue weighted by atomic mass is 16.5. The summed E-state index contributed by atoms with van der Waals surface area (Å²) in [6, 6.07) is 7.96. The van der Waals surface area contributed by atoms with Crippen LogP contribution in [-0.4, -0.2) is 45.4 Å². The summed E-state index contributed by atoms with van der Waals surface area (Å²) in [5.74, 6) is -2.32. The van der Waals surface area contributed by atoms with Gasteiger partial charge in [0.1, 0.15) is 5.54 Å². The molecule has 1 saturated heterocycles. The number of hydrazine groups is 1. The topological polar surface area (TPSA) is 131 Å². The molecule has 0 bridgehead atoms. The van der Waals surface area contributed by atoms with Crippen molar-refractivity contribution in [3.8, 4) is 0 Å². The molecular weight excluding hydrogens is 378 g/mol. The molecule has 0 saturated carbocycles. The molecule has 2 N–H and O–H groups in total. The fourth-order valence-corrected chi connectivity index (χ4v) is 2.90. The molecule has 4 amide bonds. The zero-order chi connectivity index (χ0) is 21.0. The third-order valence-corrected chi connectivity index (χ3v) is 4.45. The Bertz CT molecular complexity index is 947. The van der Waals surface area contributed by atoms with E-state index >= 15 is 0 Å². The number of amides is 4. The number of aromatic nitrogens is 2. The van der Waals surface area contributed by atoms with Gasteiger partial charge in [0.15, 0.2) is 12.3 Å². The number of ether oxygens (including phenoxy) is 1. The van der Waals surface area contributed by atoms with Crippen molar-refractivity contribution in [3.05, 3.63) is 59.7 Å². The summed E-state index contributed by atoms with van der Waals surface area (Å²) in [4.78, 5) is 57.0. The van der Waals surface area contributed by atoms with Crippen LogP contribution in [0.5, 0.6) is 0 Å². The minimum atomic E-state index is -1.28.